The van der Waals surface area contributed by atoms with Gasteiger partial charge in [-0.25, -0.2) is 4.57 Å². The van der Waals surface area contributed by atoms with Crippen LogP contribution in [0.3, 0.4) is 0 Å². The number of esters is 2. The van der Waals surface area contributed by atoms with Gasteiger partial charge in [-0.1, -0.05) is 103 Å². The Hall–Kier alpha value is -1.41. The lowest BCUT2D eigenvalue weighted by molar-refractivity contribution is -0.220. The Morgan fingerprint density at radius 3 is 1.59 bits per heavy atom. The molecule has 1 rings (SSSR count). The number of phosphoric acid groups is 1. The average molecular weight is 725 g/mol. The topological polar surface area (TPSA) is 210 Å². The predicted octanol–water partition coefficient (Wildman–Crippen LogP) is 5.16. The maximum atomic E-state index is 12.7. The third-order valence-corrected chi connectivity index (χ3v) is 9.59. The van der Waals surface area contributed by atoms with E-state index in [1.807, 2.05) is 0 Å². The zero-order valence-corrected chi connectivity index (χ0v) is 30.6. The van der Waals surface area contributed by atoms with Crippen LogP contribution in [0.5, 0.6) is 0 Å². The highest BCUT2D eigenvalue weighted by atomic mass is 31.2. The van der Waals surface area contributed by atoms with Gasteiger partial charge in [-0.05, 0) is 38.5 Å². The van der Waals surface area contributed by atoms with Crippen molar-refractivity contribution in [1.82, 2.24) is 0 Å². The normalized spacial score (nSPS) is 24.5. The lowest BCUT2D eigenvalue weighted by atomic mass is 9.85. The minimum atomic E-state index is -5.10. The van der Waals surface area contributed by atoms with Crippen molar-refractivity contribution in [2.45, 2.75) is 185 Å². The number of aliphatic hydroxyl groups excluding tert-OH is 5. The highest BCUT2D eigenvalue weighted by molar-refractivity contribution is 7.47. The van der Waals surface area contributed by atoms with Gasteiger partial charge in [0.25, 0.3) is 0 Å². The van der Waals surface area contributed by atoms with Gasteiger partial charge in [0.2, 0.25) is 0 Å². The van der Waals surface area contributed by atoms with Crippen LogP contribution in [0.25, 0.3) is 0 Å². The first kappa shape index (κ1) is 45.6. The third-order valence-electron chi connectivity index (χ3n) is 8.61. The molecule has 6 N–H and O–H groups in total. The molecule has 0 radical (unpaired) electrons. The summed E-state index contributed by atoms with van der Waals surface area (Å²) in [4.78, 5) is 35.3. The zero-order valence-electron chi connectivity index (χ0n) is 29.7. The molecule has 6 unspecified atom stereocenters. The first-order valence-corrected chi connectivity index (χ1v) is 20.0. The molecule has 0 spiro atoms. The van der Waals surface area contributed by atoms with E-state index >= 15 is 0 Å². The molecule has 0 aromatic rings. The maximum absolute atomic E-state index is 12.7. The molecule has 0 bridgehead atoms. The molecule has 0 amide bonds. The number of hydrogen-bond acceptors (Lipinski definition) is 12. The predicted molar refractivity (Wildman–Crippen MR) is 184 cm³/mol. The summed E-state index contributed by atoms with van der Waals surface area (Å²) in [5, 5.41) is 49.8. The number of hydrogen-bond donors (Lipinski definition) is 6. The number of phosphoric ester groups is 1. The Bertz CT molecular complexity index is 932. The molecule has 1 fully saturated rings. The Labute approximate surface area is 293 Å². The average Bonchev–Trinajstić information content (AvgIpc) is 3.07. The van der Waals surface area contributed by atoms with Gasteiger partial charge >= 0.3 is 19.8 Å². The monoisotopic (exact) mass is 724 g/mol. The molecule has 49 heavy (non-hydrogen) atoms. The second-order valence-corrected chi connectivity index (χ2v) is 14.5. The number of ether oxygens (including phenoxy) is 2. The number of allylic oxidation sites excluding steroid dienone is 2. The van der Waals surface area contributed by atoms with Crippen LogP contribution < -0.4 is 0 Å². The van der Waals surface area contributed by atoms with E-state index in [4.69, 9.17) is 18.5 Å². The van der Waals surface area contributed by atoms with E-state index in [1.165, 1.54) is 44.9 Å². The van der Waals surface area contributed by atoms with E-state index in [0.29, 0.717) is 12.8 Å². The number of aliphatic hydroxyl groups is 5. The van der Waals surface area contributed by atoms with Crippen LogP contribution in [-0.4, -0.2) is 98.3 Å². The van der Waals surface area contributed by atoms with Crippen LogP contribution in [0, 0.1) is 0 Å². The molecule has 0 aromatic heterocycles. The summed E-state index contributed by atoms with van der Waals surface area (Å²) in [6.07, 6.45) is 10.3. The molecule has 6 atom stereocenters. The fourth-order valence-electron chi connectivity index (χ4n) is 5.52. The van der Waals surface area contributed by atoms with Crippen LogP contribution in [-0.2, 0) is 32.7 Å². The Morgan fingerprint density at radius 1 is 0.612 bits per heavy atom. The summed E-state index contributed by atoms with van der Waals surface area (Å²) in [6.45, 7) is 3.18. The standard InChI is InChI=1S/C35H65O13P/c1-3-5-7-9-11-13-14-15-16-18-20-22-24-29(37)47-27(25-45-28(36)23-21-19-17-12-10-8-6-4-2)26-46-49(43,44)48-35-33(41)31(39)30(38)32(40)34(35)42/h11,13,27,30-35,38-42H,3-10,12,14-26H2,1-2H3,(H,43,44)/b13-11-. The fourth-order valence-corrected chi connectivity index (χ4v) is 6.49. The van der Waals surface area contributed by atoms with E-state index in [2.05, 4.69) is 26.0 Å². The molecule has 288 valence electrons. The minimum Gasteiger partial charge on any atom is -0.462 e. The van der Waals surface area contributed by atoms with E-state index in [-0.39, 0.29) is 12.8 Å². The summed E-state index contributed by atoms with van der Waals surface area (Å²) < 4.78 is 33.2. The lowest BCUT2D eigenvalue weighted by Crippen LogP contribution is -2.64. The fraction of sp³-hybridized carbons (Fsp3) is 0.886. The molecule has 1 aliphatic rings. The highest BCUT2D eigenvalue weighted by Crippen LogP contribution is 2.47. The molecule has 13 nitrogen and oxygen atoms in total. The molecule has 1 saturated carbocycles. The van der Waals surface area contributed by atoms with Crippen molar-refractivity contribution in [3.63, 3.8) is 0 Å². The summed E-state index contributed by atoms with van der Waals surface area (Å²) in [5.41, 5.74) is 0. The molecule has 0 aromatic carbocycles. The molecular formula is C35H65O13P. The first-order valence-electron chi connectivity index (χ1n) is 18.5. The van der Waals surface area contributed by atoms with Crippen molar-refractivity contribution in [2.24, 2.45) is 0 Å². The number of carbonyl (C=O) groups is 2. The molecule has 14 heteroatoms. The molecule has 0 aliphatic heterocycles. The van der Waals surface area contributed by atoms with E-state index in [0.717, 1.165) is 57.8 Å². The number of unbranched alkanes of at least 4 members (excludes halogenated alkanes) is 15. The van der Waals surface area contributed by atoms with Gasteiger partial charge in [-0.3, -0.25) is 18.6 Å². The summed E-state index contributed by atoms with van der Waals surface area (Å²) in [5.74, 6) is -1.11. The van der Waals surface area contributed by atoms with Crippen molar-refractivity contribution in [3.05, 3.63) is 12.2 Å². The maximum Gasteiger partial charge on any atom is 0.472 e. The zero-order chi connectivity index (χ0) is 36.5. The smallest absolute Gasteiger partial charge is 0.462 e. The van der Waals surface area contributed by atoms with Gasteiger partial charge in [-0.15, -0.1) is 0 Å². The van der Waals surface area contributed by atoms with Crippen LogP contribution >= 0.6 is 7.82 Å². The largest absolute Gasteiger partial charge is 0.472 e. The van der Waals surface area contributed by atoms with Crippen molar-refractivity contribution in [1.29, 1.82) is 0 Å². The van der Waals surface area contributed by atoms with Gasteiger partial charge in [0.1, 0.15) is 43.2 Å². The van der Waals surface area contributed by atoms with Crippen molar-refractivity contribution < 1.29 is 63.1 Å². The van der Waals surface area contributed by atoms with Crippen molar-refractivity contribution >= 4 is 19.8 Å². The Balaban J connectivity index is 2.58. The minimum absolute atomic E-state index is 0.0892. The van der Waals surface area contributed by atoms with E-state index in [9.17, 15) is 44.6 Å². The Kier molecular flexibility index (Phi) is 25.4. The summed E-state index contributed by atoms with van der Waals surface area (Å²) >= 11 is 0. The SMILES string of the molecule is CCCCC/C=C\CCCCCCCC(=O)OC(COC(=O)CCCCCCCCCC)COP(=O)(O)OC1C(O)C(O)C(O)C(O)C1O. The van der Waals surface area contributed by atoms with E-state index < -0.39 is 75.7 Å². The second kappa shape index (κ2) is 27.3. The Morgan fingerprint density at radius 2 is 1.04 bits per heavy atom. The van der Waals surface area contributed by atoms with Crippen LogP contribution in [0.15, 0.2) is 12.2 Å². The highest BCUT2D eigenvalue weighted by Gasteiger charge is 2.51. The van der Waals surface area contributed by atoms with Gasteiger partial charge in [0.05, 0.1) is 6.61 Å². The summed E-state index contributed by atoms with van der Waals surface area (Å²) in [7, 11) is -5.10. The third kappa shape index (κ3) is 20.9. The van der Waals surface area contributed by atoms with Crippen LogP contribution in [0.1, 0.15) is 142 Å². The first-order chi connectivity index (χ1) is 23.4. The van der Waals surface area contributed by atoms with Gasteiger partial charge in [0, 0.05) is 12.8 Å². The van der Waals surface area contributed by atoms with Crippen LogP contribution in [0.4, 0.5) is 0 Å². The van der Waals surface area contributed by atoms with Gasteiger partial charge in [-0.2, -0.15) is 0 Å². The van der Waals surface area contributed by atoms with Gasteiger partial charge in [0.15, 0.2) is 6.10 Å². The molecular weight excluding hydrogens is 659 g/mol. The van der Waals surface area contributed by atoms with Crippen molar-refractivity contribution in [3.8, 4) is 0 Å². The van der Waals surface area contributed by atoms with Crippen molar-refractivity contribution in [2.75, 3.05) is 13.2 Å². The quantitative estimate of drug-likeness (QED) is 0.0255. The molecule has 1 aliphatic carbocycles. The molecule has 0 saturated heterocycles. The molecule has 0 heterocycles. The number of carbonyl (C=O) groups excluding carboxylic acids is 2. The van der Waals surface area contributed by atoms with Gasteiger partial charge < -0.3 is 39.9 Å². The second-order valence-electron chi connectivity index (χ2n) is 13.1. The van der Waals surface area contributed by atoms with E-state index in [1.54, 1.807) is 0 Å². The van der Waals surface area contributed by atoms with Crippen LogP contribution in [0.2, 0.25) is 0 Å². The lowest BCUT2D eigenvalue weighted by Gasteiger charge is -2.41. The number of rotatable bonds is 29. The summed E-state index contributed by atoms with van der Waals surface area (Å²) in [6, 6.07) is 0.